The molecule has 0 aliphatic carbocycles. The van der Waals surface area contributed by atoms with Crippen LogP contribution in [0.5, 0.6) is 0 Å². The maximum Gasteiger partial charge on any atom is 0.261 e. The van der Waals surface area contributed by atoms with Crippen LogP contribution in [0.1, 0.15) is 32.1 Å². The van der Waals surface area contributed by atoms with E-state index in [1.165, 1.54) is 23.7 Å². The first kappa shape index (κ1) is 16.2. The van der Waals surface area contributed by atoms with Gasteiger partial charge in [-0.2, -0.15) is 0 Å². The Morgan fingerprint density at radius 1 is 1.17 bits per heavy atom. The Labute approximate surface area is 143 Å². The fourth-order valence-corrected chi connectivity index (χ4v) is 3.35. The van der Waals surface area contributed by atoms with E-state index in [4.69, 9.17) is 0 Å². The number of amides is 1. The summed E-state index contributed by atoms with van der Waals surface area (Å²) in [7, 11) is 0. The van der Waals surface area contributed by atoms with E-state index in [9.17, 15) is 9.59 Å². The molecule has 1 aliphatic rings. The average Bonchev–Trinajstić information content (AvgIpc) is 2.84. The van der Waals surface area contributed by atoms with Gasteiger partial charge >= 0.3 is 0 Å². The molecule has 6 heteroatoms. The molecule has 122 valence electrons. The number of aromatic nitrogens is 2. The van der Waals surface area contributed by atoms with Gasteiger partial charge in [-0.3, -0.25) is 14.2 Å². The van der Waals surface area contributed by atoms with Gasteiger partial charge in [0.2, 0.25) is 5.91 Å². The summed E-state index contributed by atoms with van der Waals surface area (Å²) in [6.45, 7) is 2.07. The molecule has 0 spiro atoms. The molecule has 3 rings (SSSR count). The second-order valence-corrected chi connectivity index (χ2v) is 6.87. The average molecular weight is 378 g/mol. The highest BCUT2D eigenvalue weighted by molar-refractivity contribution is 9.10. The van der Waals surface area contributed by atoms with Crippen LogP contribution in [0.2, 0.25) is 0 Å². The van der Waals surface area contributed by atoms with Crippen LogP contribution >= 0.6 is 15.9 Å². The Morgan fingerprint density at radius 2 is 1.91 bits per heavy atom. The largest absolute Gasteiger partial charge is 0.343 e. The van der Waals surface area contributed by atoms with Crippen molar-refractivity contribution in [2.24, 2.45) is 0 Å². The van der Waals surface area contributed by atoms with Gasteiger partial charge in [-0.05, 0) is 31.0 Å². The van der Waals surface area contributed by atoms with Gasteiger partial charge in [0.25, 0.3) is 5.56 Å². The second kappa shape index (κ2) is 7.25. The van der Waals surface area contributed by atoms with Gasteiger partial charge in [0.05, 0.1) is 17.2 Å². The zero-order valence-electron chi connectivity index (χ0n) is 13.0. The normalized spacial score (nSPS) is 15.6. The summed E-state index contributed by atoms with van der Waals surface area (Å²) in [6.07, 6.45) is 6.45. The molecule has 0 saturated carbocycles. The number of aryl methyl sites for hydroxylation is 1. The fourth-order valence-electron chi connectivity index (χ4n) is 2.98. The number of carbonyl (C=O) groups is 1. The number of rotatable bonds is 3. The van der Waals surface area contributed by atoms with Crippen molar-refractivity contribution in [3.05, 3.63) is 39.4 Å². The summed E-state index contributed by atoms with van der Waals surface area (Å²) in [5.41, 5.74) is 0.577. The van der Waals surface area contributed by atoms with Crippen molar-refractivity contribution in [3.8, 4) is 0 Å². The number of halogens is 1. The van der Waals surface area contributed by atoms with E-state index >= 15 is 0 Å². The molecule has 1 aromatic carbocycles. The van der Waals surface area contributed by atoms with Crippen LogP contribution < -0.4 is 5.56 Å². The molecular formula is C17H20BrN3O2. The first-order chi connectivity index (χ1) is 11.1. The van der Waals surface area contributed by atoms with Gasteiger partial charge in [0.1, 0.15) is 0 Å². The molecule has 23 heavy (non-hydrogen) atoms. The van der Waals surface area contributed by atoms with Crippen LogP contribution in [-0.4, -0.2) is 33.4 Å². The third kappa shape index (κ3) is 3.80. The number of hydrogen-bond acceptors (Lipinski definition) is 3. The fraction of sp³-hybridized carbons (Fsp3) is 0.471. The number of carbonyl (C=O) groups excluding carboxylic acids is 1. The van der Waals surface area contributed by atoms with Crippen molar-refractivity contribution in [2.75, 3.05) is 13.1 Å². The molecule has 0 N–H and O–H groups in total. The van der Waals surface area contributed by atoms with Gasteiger partial charge in [-0.25, -0.2) is 4.98 Å². The summed E-state index contributed by atoms with van der Waals surface area (Å²) in [4.78, 5) is 31.1. The van der Waals surface area contributed by atoms with Crippen LogP contribution in [0.4, 0.5) is 0 Å². The molecule has 2 aromatic rings. The molecule has 1 fully saturated rings. The number of likely N-dealkylation sites (tertiary alicyclic amines) is 1. The third-order valence-electron chi connectivity index (χ3n) is 4.31. The topological polar surface area (TPSA) is 55.2 Å². The molecule has 0 bridgehead atoms. The Morgan fingerprint density at radius 3 is 2.65 bits per heavy atom. The van der Waals surface area contributed by atoms with E-state index in [0.717, 1.165) is 30.4 Å². The van der Waals surface area contributed by atoms with Crippen molar-refractivity contribution in [2.45, 2.75) is 38.6 Å². The molecule has 5 nitrogen and oxygen atoms in total. The van der Waals surface area contributed by atoms with E-state index in [0.29, 0.717) is 23.9 Å². The lowest BCUT2D eigenvalue weighted by atomic mass is 10.2. The molecule has 1 aromatic heterocycles. The van der Waals surface area contributed by atoms with Crippen molar-refractivity contribution in [1.29, 1.82) is 0 Å². The molecule has 1 saturated heterocycles. The van der Waals surface area contributed by atoms with Crippen LogP contribution in [0.25, 0.3) is 10.9 Å². The number of benzene rings is 1. The predicted molar refractivity (Wildman–Crippen MR) is 93.4 cm³/mol. The first-order valence-corrected chi connectivity index (χ1v) is 8.87. The molecular weight excluding hydrogens is 358 g/mol. The first-order valence-electron chi connectivity index (χ1n) is 8.07. The zero-order valence-corrected chi connectivity index (χ0v) is 14.6. The van der Waals surface area contributed by atoms with Crippen molar-refractivity contribution in [3.63, 3.8) is 0 Å². The van der Waals surface area contributed by atoms with Crippen LogP contribution in [0.15, 0.2) is 33.8 Å². The quantitative estimate of drug-likeness (QED) is 0.825. The van der Waals surface area contributed by atoms with Crippen molar-refractivity contribution < 1.29 is 4.79 Å². The highest BCUT2D eigenvalue weighted by atomic mass is 79.9. The minimum absolute atomic E-state index is 0.0973. The maximum absolute atomic E-state index is 12.5. The Bertz CT molecular complexity index is 764. The minimum Gasteiger partial charge on any atom is -0.343 e. The molecule has 0 radical (unpaired) electrons. The van der Waals surface area contributed by atoms with E-state index in [2.05, 4.69) is 20.9 Å². The van der Waals surface area contributed by atoms with Crippen LogP contribution in [-0.2, 0) is 11.3 Å². The Balaban J connectivity index is 1.72. The van der Waals surface area contributed by atoms with Crippen LogP contribution in [0, 0.1) is 0 Å². The van der Waals surface area contributed by atoms with E-state index < -0.39 is 0 Å². The van der Waals surface area contributed by atoms with Gasteiger partial charge in [0, 0.05) is 30.5 Å². The Kier molecular flexibility index (Phi) is 5.10. The monoisotopic (exact) mass is 377 g/mol. The molecule has 1 amide bonds. The SMILES string of the molecule is O=C(CCn1cnc2ccc(Br)cc2c1=O)N1CCCCCC1. The lowest BCUT2D eigenvalue weighted by molar-refractivity contribution is -0.131. The van der Waals surface area contributed by atoms with Crippen molar-refractivity contribution in [1.82, 2.24) is 14.5 Å². The zero-order chi connectivity index (χ0) is 16.2. The summed E-state index contributed by atoms with van der Waals surface area (Å²) in [5, 5.41) is 0.573. The number of nitrogens with zero attached hydrogens (tertiary/aromatic N) is 3. The summed E-state index contributed by atoms with van der Waals surface area (Å²) in [6, 6.07) is 5.45. The summed E-state index contributed by atoms with van der Waals surface area (Å²) in [5.74, 6) is 0.133. The number of hydrogen-bond donors (Lipinski definition) is 0. The standard InChI is InChI=1S/C17H20BrN3O2/c18-13-5-6-15-14(11-13)17(23)21(12-19-15)10-7-16(22)20-8-3-1-2-4-9-20/h5-6,11-12H,1-4,7-10H2. The predicted octanol–water partition coefficient (Wildman–Crippen LogP) is 2.95. The maximum atomic E-state index is 12.5. The molecule has 0 unspecified atom stereocenters. The molecule has 1 aliphatic heterocycles. The van der Waals surface area contributed by atoms with E-state index in [1.54, 1.807) is 6.07 Å². The highest BCUT2D eigenvalue weighted by Crippen LogP contribution is 2.15. The van der Waals surface area contributed by atoms with Crippen LogP contribution in [0.3, 0.4) is 0 Å². The smallest absolute Gasteiger partial charge is 0.261 e. The van der Waals surface area contributed by atoms with E-state index in [-0.39, 0.29) is 11.5 Å². The van der Waals surface area contributed by atoms with Crippen molar-refractivity contribution >= 4 is 32.7 Å². The summed E-state index contributed by atoms with van der Waals surface area (Å²) < 4.78 is 2.38. The second-order valence-electron chi connectivity index (χ2n) is 5.95. The van der Waals surface area contributed by atoms with Gasteiger partial charge in [-0.1, -0.05) is 28.8 Å². The van der Waals surface area contributed by atoms with Gasteiger partial charge in [0.15, 0.2) is 0 Å². The van der Waals surface area contributed by atoms with E-state index in [1.807, 2.05) is 17.0 Å². The molecule has 2 heterocycles. The van der Waals surface area contributed by atoms with Gasteiger partial charge in [-0.15, -0.1) is 0 Å². The number of fused-ring (bicyclic) bond motifs is 1. The lowest BCUT2D eigenvalue weighted by Gasteiger charge is -2.20. The Hall–Kier alpha value is -1.69. The minimum atomic E-state index is -0.0973. The third-order valence-corrected chi connectivity index (χ3v) is 4.80. The lowest BCUT2D eigenvalue weighted by Crippen LogP contribution is -2.33. The molecule has 0 atom stereocenters. The summed E-state index contributed by atoms with van der Waals surface area (Å²) >= 11 is 3.38. The van der Waals surface area contributed by atoms with Gasteiger partial charge < -0.3 is 4.90 Å². The highest BCUT2D eigenvalue weighted by Gasteiger charge is 2.15.